The summed E-state index contributed by atoms with van der Waals surface area (Å²) >= 11 is 0. The minimum Gasteiger partial charge on any atom is -0.449 e. The molecule has 2 unspecified atom stereocenters. The van der Waals surface area contributed by atoms with Gasteiger partial charge in [0.2, 0.25) is 0 Å². The summed E-state index contributed by atoms with van der Waals surface area (Å²) in [5.41, 5.74) is 0. The summed E-state index contributed by atoms with van der Waals surface area (Å²) in [6.45, 7) is 6.63. The molecule has 4 nitrogen and oxygen atoms in total. The molecule has 3 rings (SSSR count). The van der Waals surface area contributed by atoms with E-state index >= 15 is 0 Å². The lowest BCUT2D eigenvalue weighted by Crippen LogP contribution is -2.69. The van der Waals surface area contributed by atoms with Gasteiger partial charge in [-0.05, 0) is 19.4 Å². The van der Waals surface area contributed by atoms with Crippen LogP contribution in [0.25, 0.3) is 0 Å². The monoisotopic (exact) mass is 212 g/mol. The van der Waals surface area contributed by atoms with Gasteiger partial charge in [-0.1, -0.05) is 13.8 Å². The van der Waals surface area contributed by atoms with Crippen molar-refractivity contribution >= 4 is 6.09 Å². The summed E-state index contributed by atoms with van der Waals surface area (Å²) in [5.74, 6) is 0.415. The molecule has 0 saturated carbocycles. The maximum absolute atomic E-state index is 11.7. The van der Waals surface area contributed by atoms with Gasteiger partial charge in [0.25, 0.3) is 0 Å². The second kappa shape index (κ2) is 4.00. The number of carbonyl (C=O) groups excluding carboxylic acids is 1. The molecule has 2 bridgehead atoms. The lowest BCUT2D eigenvalue weighted by atomic mass is 9.88. The number of rotatable bonds is 2. The van der Waals surface area contributed by atoms with Crippen LogP contribution in [0.3, 0.4) is 0 Å². The predicted molar refractivity (Wildman–Crippen MR) is 57.7 cm³/mol. The minimum atomic E-state index is -0.113. The summed E-state index contributed by atoms with van der Waals surface area (Å²) in [6.07, 6.45) is 1.04. The number of likely N-dealkylation sites (N-methyl/N-ethyl adjacent to an activating group) is 1. The SMILES string of the molecule is CC(C)COC(=O)N1C2CC1CN(C)C2. The first-order chi connectivity index (χ1) is 7.08. The van der Waals surface area contributed by atoms with E-state index in [2.05, 4.69) is 25.8 Å². The molecule has 3 fully saturated rings. The molecule has 4 heteroatoms. The minimum absolute atomic E-state index is 0.113. The summed E-state index contributed by atoms with van der Waals surface area (Å²) in [5, 5.41) is 0. The van der Waals surface area contributed by atoms with Crippen LogP contribution >= 0.6 is 0 Å². The third-order valence-electron chi connectivity index (χ3n) is 3.13. The molecule has 0 aliphatic carbocycles. The Morgan fingerprint density at radius 2 is 2.00 bits per heavy atom. The van der Waals surface area contributed by atoms with Gasteiger partial charge >= 0.3 is 6.09 Å². The van der Waals surface area contributed by atoms with Gasteiger partial charge in [-0.2, -0.15) is 0 Å². The smallest absolute Gasteiger partial charge is 0.410 e. The number of fused-ring (bicyclic) bond motifs is 2. The number of carbonyl (C=O) groups is 1. The molecule has 3 aliphatic heterocycles. The fourth-order valence-electron chi connectivity index (χ4n) is 2.43. The van der Waals surface area contributed by atoms with Gasteiger partial charge < -0.3 is 9.64 Å². The molecule has 0 aromatic heterocycles. The predicted octanol–water partition coefficient (Wildman–Crippen LogP) is 1.17. The Kier molecular flexibility index (Phi) is 2.87. The lowest BCUT2D eigenvalue weighted by Gasteiger charge is -2.54. The van der Waals surface area contributed by atoms with Crippen LogP contribution in [0.4, 0.5) is 4.79 Å². The van der Waals surface area contributed by atoms with Crippen LogP contribution in [-0.4, -0.2) is 54.7 Å². The van der Waals surface area contributed by atoms with Crippen molar-refractivity contribution < 1.29 is 9.53 Å². The lowest BCUT2D eigenvalue weighted by molar-refractivity contribution is -0.0533. The molecule has 3 heterocycles. The van der Waals surface area contributed by atoms with E-state index in [1.807, 2.05) is 4.90 Å². The molecule has 0 radical (unpaired) electrons. The van der Waals surface area contributed by atoms with Crippen LogP contribution in [0.1, 0.15) is 20.3 Å². The molecule has 0 aromatic carbocycles. The summed E-state index contributed by atoms with van der Waals surface area (Å²) in [7, 11) is 2.11. The van der Waals surface area contributed by atoms with Crippen molar-refractivity contribution in [1.82, 2.24) is 9.80 Å². The number of ether oxygens (including phenoxy) is 1. The molecule has 1 amide bonds. The van der Waals surface area contributed by atoms with E-state index in [-0.39, 0.29) is 6.09 Å². The number of hydrogen-bond acceptors (Lipinski definition) is 3. The van der Waals surface area contributed by atoms with E-state index in [4.69, 9.17) is 4.74 Å². The fourth-order valence-corrected chi connectivity index (χ4v) is 2.43. The van der Waals surface area contributed by atoms with Crippen LogP contribution in [0.15, 0.2) is 0 Å². The van der Waals surface area contributed by atoms with Crippen molar-refractivity contribution in [2.24, 2.45) is 5.92 Å². The molecule has 0 N–H and O–H groups in total. The molecule has 3 saturated heterocycles. The first-order valence-corrected chi connectivity index (χ1v) is 5.71. The van der Waals surface area contributed by atoms with Gasteiger partial charge in [0, 0.05) is 13.1 Å². The highest BCUT2D eigenvalue weighted by Gasteiger charge is 2.47. The number of piperidine rings is 1. The number of piperazine rings is 1. The Morgan fingerprint density at radius 1 is 1.40 bits per heavy atom. The second-order valence-corrected chi connectivity index (χ2v) is 5.14. The van der Waals surface area contributed by atoms with Crippen molar-refractivity contribution in [2.45, 2.75) is 32.4 Å². The topological polar surface area (TPSA) is 32.8 Å². The molecule has 0 spiro atoms. The van der Waals surface area contributed by atoms with Crippen LogP contribution < -0.4 is 0 Å². The van der Waals surface area contributed by atoms with Crippen molar-refractivity contribution in [1.29, 1.82) is 0 Å². The quantitative estimate of drug-likeness (QED) is 0.688. The van der Waals surface area contributed by atoms with Gasteiger partial charge in [-0.15, -0.1) is 0 Å². The van der Waals surface area contributed by atoms with Crippen LogP contribution in [0, 0.1) is 5.92 Å². The zero-order chi connectivity index (χ0) is 11.0. The van der Waals surface area contributed by atoms with Gasteiger partial charge in [0.05, 0.1) is 18.7 Å². The van der Waals surface area contributed by atoms with Crippen LogP contribution in [-0.2, 0) is 4.74 Å². The normalized spacial score (nSPS) is 30.3. The van der Waals surface area contributed by atoms with Crippen molar-refractivity contribution in [2.75, 3.05) is 26.7 Å². The largest absolute Gasteiger partial charge is 0.449 e. The molecular weight excluding hydrogens is 192 g/mol. The molecular formula is C11H20N2O2. The van der Waals surface area contributed by atoms with Crippen LogP contribution in [0.2, 0.25) is 0 Å². The standard InChI is InChI=1S/C11H20N2O2/c1-8(2)7-15-11(14)13-9-4-10(13)6-12(3)5-9/h8-10H,4-7H2,1-3H3. The summed E-state index contributed by atoms with van der Waals surface area (Å²) in [4.78, 5) is 15.9. The Labute approximate surface area is 91.2 Å². The van der Waals surface area contributed by atoms with Crippen LogP contribution in [0.5, 0.6) is 0 Å². The fraction of sp³-hybridized carbons (Fsp3) is 0.909. The Balaban J connectivity index is 1.83. The number of nitrogens with zero attached hydrogens (tertiary/aromatic N) is 2. The maximum Gasteiger partial charge on any atom is 0.410 e. The van der Waals surface area contributed by atoms with E-state index < -0.39 is 0 Å². The zero-order valence-electron chi connectivity index (χ0n) is 9.77. The molecule has 15 heavy (non-hydrogen) atoms. The molecule has 86 valence electrons. The van der Waals surface area contributed by atoms with Gasteiger partial charge in [0.1, 0.15) is 0 Å². The van der Waals surface area contributed by atoms with Crippen molar-refractivity contribution in [3.8, 4) is 0 Å². The Hall–Kier alpha value is -0.770. The molecule has 3 aliphatic rings. The van der Waals surface area contributed by atoms with Crippen molar-refractivity contribution in [3.63, 3.8) is 0 Å². The Morgan fingerprint density at radius 3 is 2.53 bits per heavy atom. The third kappa shape index (κ3) is 2.09. The molecule has 0 aromatic rings. The summed E-state index contributed by atoms with van der Waals surface area (Å²) in [6, 6.07) is 0.793. The van der Waals surface area contributed by atoms with Gasteiger partial charge in [-0.3, -0.25) is 4.90 Å². The summed E-state index contributed by atoms with van der Waals surface area (Å²) < 4.78 is 5.25. The Bertz CT molecular complexity index is 243. The van der Waals surface area contributed by atoms with E-state index in [1.165, 1.54) is 0 Å². The highest BCUT2D eigenvalue weighted by atomic mass is 16.6. The van der Waals surface area contributed by atoms with E-state index in [1.54, 1.807) is 0 Å². The van der Waals surface area contributed by atoms with E-state index in [0.717, 1.165) is 19.5 Å². The van der Waals surface area contributed by atoms with E-state index in [9.17, 15) is 4.79 Å². The third-order valence-corrected chi connectivity index (χ3v) is 3.13. The first kappa shape index (κ1) is 10.7. The highest BCUT2D eigenvalue weighted by Crippen LogP contribution is 2.32. The average Bonchev–Trinajstić information content (AvgIpc) is 2.14. The zero-order valence-corrected chi connectivity index (χ0v) is 9.77. The average molecular weight is 212 g/mol. The second-order valence-electron chi connectivity index (χ2n) is 5.14. The number of hydrogen-bond donors (Lipinski definition) is 0. The van der Waals surface area contributed by atoms with Gasteiger partial charge in [0.15, 0.2) is 0 Å². The van der Waals surface area contributed by atoms with Crippen molar-refractivity contribution in [3.05, 3.63) is 0 Å². The maximum atomic E-state index is 11.7. The number of amides is 1. The van der Waals surface area contributed by atoms with Gasteiger partial charge in [-0.25, -0.2) is 4.79 Å². The highest BCUT2D eigenvalue weighted by molar-refractivity contribution is 5.70. The van der Waals surface area contributed by atoms with E-state index in [0.29, 0.717) is 24.6 Å². The molecule has 2 atom stereocenters. The first-order valence-electron chi connectivity index (χ1n) is 5.71.